The number of halogens is 1. The van der Waals surface area contributed by atoms with Crippen molar-refractivity contribution in [2.45, 2.75) is 12.3 Å². The number of hydrogen-bond donors (Lipinski definition) is 1. The summed E-state index contributed by atoms with van der Waals surface area (Å²) in [5, 5.41) is 9.77. The lowest BCUT2D eigenvalue weighted by Crippen LogP contribution is -2.22. The zero-order chi connectivity index (χ0) is 13.3. The van der Waals surface area contributed by atoms with Crippen LogP contribution in [-0.4, -0.2) is 31.0 Å². The van der Waals surface area contributed by atoms with Crippen LogP contribution in [0.5, 0.6) is 0 Å². The van der Waals surface area contributed by atoms with Gasteiger partial charge in [0.15, 0.2) is 9.84 Å². The molecule has 1 aliphatic heterocycles. The number of benzene rings is 1. The molecule has 0 spiro atoms. The topological polar surface area (TPSA) is 71.4 Å². The van der Waals surface area contributed by atoms with E-state index in [0.717, 1.165) is 0 Å². The van der Waals surface area contributed by atoms with Crippen molar-refractivity contribution in [1.82, 2.24) is 0 Å². The van der Waals surface area contributed by atoms with E-state index >= 15 is 0 Å². The lowest BCUT2D eigenvalue weighted by molar-refractivity contribution is -0.140. The molecule has 6 heteroatoms. The van der Waals surface area contributed by atoms with Gasteiger partial charge in [-0.25, -0.2) is 8.42 Å². The first-order valence-electron chi connectivity index (χ1n) is 5.58. The van der Waals surface area contributed by atoms with Gasteiger partial charge in [0, 0.05) is 5.02 Å². The van der Waals surface area contributed by atoms with E-state index in [0.29, 0.717) is 17.0 Å². The van der Waals surface area contributed by atoms with Crippen molar-refractivity contribution in [3.8, 4) is 0 Å². The average Bonchev–Trinajstić information content (AvgIpc) is 2.58. The minimum absolute atomic E-state index is 0.0590. The minimum Gasteiger partial charge on any atom is -0.481 e. The van der Waals surface area contributed by atoms with Gasteiger partial charge in [0.2, 0.25) is 0 Å². The van der Waals surface area contributed by atoms with E-state index in [4.69, 9.17) is 11.6 Å². The molecule has 1 fully saturated rings. The maximum atomic E-state index is 11.4. The van der Waals surface area contributed by atoms with Crippen LogP contribution in [0.15, 0.2) is 24.3 Å². The van der Waals surface area contributed by atoms with Crippen molar-refractivity contribution in [3.05, 3.63) is 34.9 Å². The first-order valence-corrected chi connectivity index (χ1v) is 7.78. The summed E-state index contributed by atoms with van der Waals surface area (Å²) in [5.74, 6) is -2.16. The Kier molecular flexibility index (Phi) is 3.64. The molecule has 2 rings (SSSR count). The molecule has 4 nitrogen and oxygen atoms in total. The summed E-state index contributed by atoms with van der Waals surface area (Å²) in [5.41, 5.74) is 0.567. The van der Waals surface area contributed by atoms with Gasteiger partial charge in [0.25, 0.3) is 0 Å². The molecule has 0 radical (unpaired) electrons. The first-order chi connectivity index (χ1) is 8.39. The number of hydrogen-bond acceptors (Lipinski definition) is 3. The highest BCUT2D eigenvalue weighted by Gasteiger charge is 2.38. The van der Waals surface area contributed by atoms with Crippen molar-refractivity contribution in [1.29, 1.82) is 0 Å². The van der Waals surface area contributed by atoms with E-state index in [1.54, 1.807) is 24.3 Å². The Bertz CT molecular complexity index is 567. The summed E-state index contributed by atoms with van der Waals surface area (Å²) in [6, 6.07) is 6.60. The number of rotatable bonds is 3. The quantitative estimate of drug-likeness (QED) is 0.923. The van der Waals surface area contributed by atoms with Gasteiger partial charge in [-0.2, -0.15) is 0 Å². The second-order valence-corrected chi connectivity index (χ2v) is 7.20. The third-order valence-electron chi connectivity index (χ3n) is 3.21. The summed E-state index contributed by atoms with van der Waals surface area (Å²) in [7, 11) is -3.09. The number of sulfone groups is 1. The molecule has 1 N–H and O–H groups in total. The molecule has 1 aromatic carbocycles. The molecule has 2 atom stereocenters. The van der Waals surface area contributed by atoms with Crippen LogP contribution in [0.3, 0.4) is 0 Å². The molecule has 0 amide bonds. The van der Waals surface area contributed by atoms with E-state index in [1.807, 2.05) is 0 Å². The van der Waals surface area contributed by atoms with Gasteiger partial charge in [-0.3, -0.25) is 4.79 Å². The highest BCUT2D eigenvalue weighted by molar-refractivity contribution is 7.91. The van der Waals surface area contributed by atoms with Crippen LogP contribution in [0.2, 0.25) is 5.02 Å². The molecule has 1 aliphatic rings. The van der Waals surface area contributed by atoms with E-state index in [2.05, 4.69) is 0 Å². The fourth-order valence-corrected chi connectivity index (χ4v) is 4.44. The van der Waals surface area contributed by atoms with Gasteiger partial charge < -0.3 is 5.11 Å². The SMILES string of the molecule is O=C(O)C(c1cccc(Cl)c1)C1CCS(=O)(=O)C1. The average molecular weight is 289 g/mol. The molecule has 1 saturated heterocycles. The van der Waals surface area contributed by atoms with E-state index < -0.39 is 21.7 Å². The summed E-state index contributed by atoms with van der Waals surface area (Å²) in [4.78, 5) is 11.4. The van der Waals surface area contributed by atoms with Gasteiger partial charge >= 0.3 is 5.97 Å². The number of carbonyl (C=O) groups is 1. The van der Waals surface area contributed by atoms with E-state index in [-0.39, 0.29) is 17.4 Å². The molecule has 0 bridgehead atoms. The zero-order valence-electron chi connectivity index (χ0n) is 9.54. The van der Waals surface area contributed by atoms with Gasteiger partial charge in [-0.05, 0) is 30.0 Å². The van der Waals surface area contributed by atoms with Crippen LogP contribution < -0.4 is 0 Å². The summed E-state index contributed by atoms with van der Waals surface area (Å²) in [6.45, 7) is 0. The molecule has 18 heavy (non-hydrogen) atoms. The van der Waals surface area contributed by atoms with Crippen molar-refractivity contribution in [2.75, 3.05) is 11.5 Å². The van der Waals surface area contributed by atoms with Gasteiger partial charge in [0.1, 0.15) is 0 Å². The van der Waals surface area contributed by atoms with Crippen molar-refractivity contribution >= 4 is 27.4 Å². The zero-order valence-corrected chi connectivity index (χ0v) is 11.1. The Morgan fingerprint density at radius 1 is 1.44 bits per heavy atom. The summed E-state index contributed by atoms with van der Waals surface area (Å²) >= 11 is 5.85. The summed E-state index contributed by atoms with van der Waals surface area (Å²) < 4.78 is 22.9. The molecule has 0 saturated carbocycles. The largest absolute Gasteiger partial charge is 0.481 e. The smallest absolute Gasteiger partial charge is 0.311 e. The minimum atomic E-state index is -3.09. The van der Waals surface area contributed by atoms with E-state index in [1.165, 1.54) is 0 Å². The Morgan fingerprint density at radius 2 is 2.17 bits per heavy atom. The fraction of sp³-hybridized carbons (Fsp3) is 0.417. The first kappa shape index (κ1) is 13.4. The number of carboxylic acid groups (broad SMARTS) is 1. The molecule has 0 aliphatic carbocycles. The third-order valence-corrected chi connectivity index (χ3v) is 5.24. The summed E-state index contributed by atoms with van der Waals surface area (Å²) in [6.07, 6.45) is 0.395. The second kappa shape index (κ2) is 4.90. The molecular weight excluding hydrogens is 276 g/mol. The maximum Gasteiger partial charge on any atom is 0.311 e. The van der Waals surface area contributed by atoms with Crippen LogP contribution >= 0.6 is 11.6 Å². The van der Waals surface area contributed by atoms with Crippen LogP contribution in [0.4, 0.5) is 0 Å². The third kappa shape index (κ3) is 2.84. The number of carboxylic acids is 1. The van der Waals surface area contributed by atoms with Crippen LogP contribution in [0.1, 0.15) is 17.9 Å². The Hall–Kier alpha value is -1.07. The predicted molar refractivity (Wildman–Crippen MR) is 68.6 cm³/mol. The molecule has 0 aromatic heterocycles. The van der Waals surface area contributed by atoms with Crippen molar-refractivity contribution < 1.29 is 18.3 Å². The Balaban J connectivity index is 2.33. The Labute approximate surface area is 110 Å². The number of aliphatic carboxylic acids is 1. The highest BCUT2D eigenvalue weighted by atomic mass is 35.5. The van der Waals surface area contributed by atoms with Crippen LogP contribution in [0, 0.1) is 5.92 Å². The van der Waals surface area contributed by atoms with Crippen molar-refractivity contribution in [3.63, 3.8) is 0 Å². The van der Waals surface area contributed by atoms with Crippen LogP contribution in [0.25, 0.3) is 0 Å². The maximum absolute atomic E-state index is 11.4. The molecular formula is C12H13ClO4S. The van der Waals surface area contributed by atoms with Crippen LogP contribution in [-0.2, 0) is 14.6 Å². The molecule has 1 heterocycles. The normalized spacial score (nSPS) is 23.7. The monoisotopic (exact) mass is 288 g/mol. The molecule has 98 valence electrons. The second-order valence-electron chi connectivity index (χ2n) is 4.53. The van der Waals surface area contributed by atoms with Gasteiger partial charge in [-0.15, -0.1) is 0 Å². The molecule has 2 unspecified atom stereocenters. The Morgan fingerprint density at radius 3 is 2.67 bits per heavy atom. The fourth-order valence-electron chi connectivity index (χ4n) is 2.40. The van der Waals surface area contributed by atoms with E-state index in [9.17, 15) is 18.3 Å². The van der Waals surface area contributed by atoms with Gasteiger partial charge in [-0.1, -0.05) is 23.7 Å². The predicted octanol–water partition coefficient (Wildman–Crippen LogP) is 1.94. The lowest BCUT2D eigenvalue weighted by Gasteiger charge is -2.18. The highest BCUT2D eigenvalue weighted by Crippen LogP contribution is 2.34. The standard InChI is InChI=1S/C12H13ClO4S/c13-10-3-1-2-8(6-10)11(12(14)15)9-4-5-18(16,17)7-9/h1-3,6,9,11H,4-5,7H2,(H,14,15). The van der Waals surface area contributed by atoms with Crippen molar-refractivity contribution in [2.24, 2.45) is 5.92 Å². The van der Waals surface area contributed by atoms with Gasteiger partial charge in [0.05, 0.1) is 17.4 Å². The molecule has 1 aromatic rings. The lowest BCUT2D eigenvalue weighted by atomic mass is 9.86.